The molecule has 0 amide bonds. The standard InChI is InChI=1S/C9H14O2/c1-3-4-5-9(2)6-8(10)7-11-9/h3-4H,5-7H2,1-2H3/b4-3+. The van der Waals surface area contributed by atoms with E-state index in [1.165, 1.54) is 0 Å². The lowest BCUT2D eigenvalue weighted by Gasteiger charge is -2.19. The Bertz CT molecular complexity index is 184. The van der Waals surface area contributed by atoms with Crippen molar-refractivity contribution in [3.05, 3.63) is 12.2 Å². The molecular formula is C9H14O2. The summed E-state index contributed by atoms with van der Waals surface area (Å²) < 4.78 is 5.35. The van der Waals surface area contributed by atoms with Crippen molar-refractivity contribution in [1.29, 1.82) is 0 Å². The Morgan fingerprint density at radius 3 is 2.91 bits per heavy atom. The monoisotopic (exact) mass is 154 g/mol. The summed E-state index contributed by atoms with van der Waals surface area (Å²) in [5, 5.41) is 0. The minimum absolute atomic E-state index is 0.219. The summed E-state index contributed by atoms with van der Waals surface area (Å²) in [5.74, 6) is 0.219. The molecule has 1 unspecified atom stereocenters. The van der Waals surface area contributed by atoms with Gasteiger partial charge in [-0.15, -0.1) is 0 Å². The molecule has 1 atom stereocenters. The summed E-state index contributed by atoms with van der Waals surface area (Å²) in [6.45, 7) is 4.26. The highest BCUT2D eigenvalue weighted by Gasteiger charge is 2.33. The second-order valence-corrected chi connectivity index (χ2v) is 3.23. The second-order valence-electron chi connectivity index (χ2n) is 3.23. The lowest BCUT2D eigenvalue weighted by Crippen LogP contribution is -2.21. The van der Waals surface area contributed by atoms with Crippen molar-refractivity contribution in [3.63, 3.8) is 0 Å². The van der Waals surface area contributed by atoms with Gasteiger partial charge in [0.25, 0.3) is 0 Å². The van der Waals surface area contributed by atoms with E-state index in [1.54, 1.807) is 0 Å². The Kier molecular flexibility index (Phi) is 2.45. The number of ether oxygens (including phenoxy) is 1. The highest BCUT2D eigenvalue weighted by Crippen LogP contribution is 2.26. The van der Waals surface area contributed by atoms with Crippen LogP contribution < -0.4 is 0 Å². The predicted molar refractivity (Wildman–Crippen MR) is 43.4 cm³/mol. The quantitative estimate of drug-likeness (QED) is 0.566. The van der Waals surface area contributed by atoms with Crippen LogP contribution in [0.25, 0.3) is 0 Å². The van der Waals surface area contributed by atoms with Gasteiger partial charge in [-0.25, -0.2) is 0 Å². The molecule has 0 saturated carbocycles. The first-order valence-electron chi connectivity index (χ1n) is 3.93. The molecule has 0 aliphatic carbocycles. The molecule has 0 bridgehead atoms. The van der Waals surface area contributed by atoms with Gasteiger partial charge in [-0.2, -0.15) is 0 Å². The number of hydrogen-bond acceptors (Lipinski definition) is 2. The van der Waals surface area contributed by atoms with Crippen molar-refractivity contribution >= 4 is 5.78 Å². The minimum Gasteiger partial charge on any atom is -0.367 e. The lowest BCUT2D eigenvalue weighted by molar-refractivity contribution is -0.117. The van der Waals surface area contributed by atoms with E-state index in [1.807, 2.05) is 26.0 Å². The van der Waals surface area contributed by atoms with E-state index in [9.17, 15) is 4.79 Å². The van der Waals surface area contributed by atoms with Gasteiger partial charge < -0.3 is 4.74 Å². The molecular weight excluding hydrogens is 140 g/mol. The molecule has 0 aromatic carbocycles. The fourth-order valence-corrected chi connectivity index (χ4v) is 1.27. The Hall–Kier alpha value is -0.630. The van der Waals surface area contributed by atoms with E-state index in [2.05, 4.69) is 0 Å². The first kappa shape index (κ1) is 8.47. The summed E-state index contributed by atoms with van der Waals surface area (Å²) in [7, 11) is 0. The zero-order valence-corrected chi connectivity index (χ0v) is 7.09. The topological polar surface area (TPSA) is 26.3 Å². The number of rotatable bonds is 2. The fourth-order valence-electron chi connectivity index (χ4n) is 1.27. The van der Waals surface area contributed by atoms with Crippen molar-refractivity contribution in [2.45, 2.75) is 32.3 Å². The molecule has 0 aromatic heterocycles. The molecule has 62 valence electrons. The molecule has 1 heterocycles. The molecule has 1 fully saturated rings. The first-order valence-corrected chi connectivity index (χ1v) is 3.93. The van der Waals surface area contributed by atoms with Crippen molar-refractivity contribution in [2.75, 3.05) is 6.61 Å². The number of Topliss-reactive ketones (excluding diaryl/α,β-unsaturated/α-hetero) is 1. The third kappa shape index (κ3) is 2.15. The maximum Gasteiger partial charge on any atom is 0.161 e. The number of carbonyl (C=O) groups excluding carboxylic acids is 1. The predicted octanol–water partition coefficient (Wildman–Crippen LogP) is 1.70. The fraction of sp³-hybridized carbons (Fsp3) is 0.667. The van der Waals surface area contributed by atoms with Crippen LogP contribution in [0.4, 0.5) is 0 Å². The van der Waals surface area contributed by atoms with Crippen LogP contribution in [-0.4, -0.2) is 18.0 Å². The van der Waals surface area contributed by atoms with Crippen LogP contribution in [0.15, 0.2) is 12.2 Å². The molecule has 1 aliphatic heterocycles. The largest absolute Gasteiger partial charge is 0.367 e. The third-order valence-corrected chi connectivity index (χ3v) is 1.94. The molecule has 0 radical (unpaired) electrons. The molecule has 0 spiro atoms. The smallest absolute Gasteiger partial charge is 0.161 e. The van der Waals surface area contributed by atoms with Crippen LogP contribution in [0.2, 0.25) is 0 Å². The summed E-state index contributed by atoms with van der Waals surface area (Å²) in [6.07, 6.45) is 5.43. The molecule has 2 heteroatoms. The highest BCUT2D eigenvalue weighted by atomic mass is 16.5. The van der Waals surface area contributed by atoms with Crippen molar-refractivity contribution in [1.82, 2.24) is 0 Å². The average molecular weight is 154 g/mol. The maximum absolute atomic E-state index is 10.9. The van der Waals surface area contributed by atoms with Gasteiger partial charge in [0.05, 0.1) is 5.60 Å². The average Bonchev–Trinajstić information content (AvgIpc) is 2.28. The summed E-state index contributed by atoms with van der Waals surface area (Å²) in [5.41, 5.74) is -0.219. The van der Waals surface area contributed by atoms with Crippen LogP contribution in [0.1, 0.15) is 26.7 Å². The third-order valence-electron chi connectivity index (χ3n) is 1.94. The molecule has 0 aromatic rings. The molecule has 1 saturated heterocycles. The van der Waals surface area contributed by atoms with E-state index in [-0.39, 0.29) is 11.4 Å². The van der Waals surface area contributed by atoms with Gasteiger partial charge in [0.1, 0.15) is 6.61 Å². The van der Waals surface area contributed by atoms with Crippen molar-refractivity contribution < 1.29 is 9.53 Å². The lowest BCUT2D eigenvalue weighted by atomic mass is 9.98. The maximum atomic E-state index is 10.9. The van der Waals surface area contributed by atoms with Crippen molar-refractivity contribution in [2.24, 2.45) is 0 Å². The Labute approximate surface area is 67.2 Å². The molecule has 1 aliphatic rings. The van der Waals surface area contributed by atoms with Crippen molar-refractivity contribution in [3.8, 4) is 0 Å². The number of ketones is 1. The van der Waals surface area contributed by atoms with E-state index in [4.69, 9.17) is 4.74 Å². The molecule has 1 rings (SSSR count). The van der Waals surface area contributed by atoms with Crippen LogP contribution in [0.5, 0.6) is 0 Å². The van der Waals surface area contributed by atoms with E-state index < -0.39 is 0 Å². The SMILES string of the molecule is C/C=C/CC1(C)CC(=O)CO1. The minimum atomic E-state index is -0.219. The van der Waals surface area contributed by atoms with Gasteiger partial charge in [0.15, 0.2) is 5.78 Å². The number of allylic oxidation sites excluding steroid dienone is 1. The van der Waals surface area contributed by atoms with Crippen LogP contribution in [0.3, 0.4) is 0 Å². The van der Waals surface area contributed by atoms with E-state index in [0.717, 1.165) is 6.42 Å². The highest BCUT2D eigenvalue weighted by molar-refractivity contribution is 5.82. The summed E-state index contributed by atoms with van der Waals surface area (Å²) >= 11 is 0. The van der Waals surface area contributed by atoms with Gasteiger partial charge in [-0.3, -0.25) is 4.79 Å². The van der Waals surface area contributed by atoms with Gasteiger partial charge in [0, 0.05) is 6.42 Å². The Balaban J connectivity index is 2.48. The van der Waals surface area contributed by atoms with E-state index in [0.29, 0.717) is 13.0 Å². The number of carbonyl (C=O) groups is 1. The van der Waals surface area contributed by atoms with Gasteiger partial charge in [-0.1, -0.05) is 12.2 Å². The summed E-state index contributed by atoms with van der Waals surface area (Å²) in [4.78, 5) is 10.9. The van der Waals surface area contributed by atoms with Gasteiger partial charge >= 0.3 is 0 Å². The van der Waals surface area contributed by atoms with Gasteiger partial charge in [0.2, 0.25) is 0 Å². The zero-order chi connectivity index (χ0) is 8.32. The zero-order valence-electron chi connectivity index (χ0n) is 7.09. The Morgan fingerprint density at radius 1 is 1.73 bits per heavy atom. The van der Waals surface area contributed by atoms with E-state index >= 15 is 0 Å². The summed E-state index contributed by atoms with van der Waals surface area (Å²) in [6, 6.07) is 0. The van der Waals surface area contributed by atoms with Gasteiger partial charge in [-0.05, 0) is 20.3 Å². The normalized spacial score (nSPS) is 32.0. The van der Waals surface area contributed by atoms with Crippen LogP contribution in [-0.2, 0) is 9.53 Å². The molecule has 11 heavy (non-hydrogen) atoms. The second kappa shape index (κ2) is 3.18. The molecule has 0 N–H and O–H groups in total. The Morgan fingerprint density at radius 2 is 2.45 bits per heavy atom. The first-order chi connectivity index (χ1) is 5.16. The van der Waals surface area contributed by atoms with Crippen LogP contribution >= 0.6 is 0 Å². The number of hydrogen-bond donors (Lipinski definition) is 0. The van der Waals surface area contributed by atoms with Crippen LogP contribution in [0, 0.1) is 0 Å². The molecule has 2 nitrogen and oxygen atoms in total.